The molecule has 1 saturated heterocycles. The summed E-state index contributed by atoms with van der Waals surface area (Å²) in [5, 5.41) is 7.64. The number of aromatic nitrogens is 5. The number of likely N-dealkylation sites (N-methyl/N-ethyl adjacent to an activating group) is 1. The fourth-order valence-corrected chi connectivity index (χ4v) is 7.77. The highest BCUT2D eigenvalue weighted by Crippen LogP contribution is 2.32. The standard InChI is InChI=1S/C40H49N9O2/c1-4-9-31-12-8-13-32(44-31)27-49-38-36(26-43-49)37(41-28-42-38)46-21-23-47(24-22-46)39(50)30-16-18-33(19-17-30)48(25-20-45(2)3)40(51)35-15-7-11-29-10-5-6-14-34(29)35/h5-8,10-15,26,28,30,33H,4,9,16-25,27H2,1-3H3. The van der Waals surface area contributed by atoms with E-state index < -0.39 is 0 Å². The number of aryl methyl sites for hydroxylation is 1. The highest BCUT2D eigenvalue weighted by molar-refractivity contribution is 6.07. The van der Waals surface area contributed by atoms with Crippen molar-refractivity contribution in [3.05, 3.63) is 90.1 Å². The van der Waals surface area contributed by atoms with Gasteiger partial charge in [-0.05, 0) is 75.2 Å². The second-order valence-corrected chi connectivity index (χ2v) is 14.3. The first kappa shape index (κ1) is 34.5. The fourth-order valence-electron chi connectivity index (χ4n) is 7.77. The van der Waals surface area contributed by atoms with Gasteiger partial charge in [-0.1, -0.05) is 55.8 Å². The Balaban J connectivity index is 0.967. The Morgan fingerprint density at radius 2 is 1.57 bits per heavy atom. The number of hydrogen-bond acceptors (Lipinski definition) is 8. The van der Waals surface area contributed by atoms with E-state index >= 15 is 0 Å². The molecule has 2 aromatic carbocycles. The van der Waals surface area contributed by atoms with Crippen molar-refractivity contribution in [1.29, 1.82) is 0 Å². The van der Waals surface area contributed by atoms with Crippen molar-refractivity contribution in [3.8, 4) is 0 Å². The molecule has 51 heavy (non-hydrogen) atoms. The summed E-state index contributed by atoms with van der Waals surface area (Å²) in [6.07, 6.45) is 8.74. The van der Waals surface area contributed by atoms with Crippen LogP contribution in [0.5, 0.6) is 0 Å². The zero-order chi connectivity index (χ0) is 35.3. The molecule has 0 spiro atoms. The molecular formula is C40H49N9O2. The number of anilines is 1. The van der Waals surface area contributed by atoms with E-state index in [0.29, 0.717) is 39.3 Å². The molecule has 2 amide bonds. The number of nitrogens with zero attached hydrogens (tertiary/aromatic N) is 9. The summed E-state index contributed by atoms with van der Waals surface area (Å²) >= 11 is 0. The van der Waals surface area contributed by atoms with Crippen molar-refractivity contribution < 1.29 is 9.59 Å². The van der Waals surface area contributed by atoms with Crippen LogP contribution in [0.3, 0.4) is 0 Å². The maximum atomic E-state index is 14.1. The summed E-state index contributed by atoms with van der Waals surface area (Å²) in [6.45, 7) is 6.89. The molecule has 0 unspecified atom stereocenters. The summed E-state index contributed by atoms with van der Waals surface area (Å²) in [7, 11) is 4.09. The molecule has 3 aromatic heterocycles. The van der Waals surface area contributed by atoms with Crippen molar-refractivity contribution in [1.82, 2.24) is 39.4 Å². The predicted molar refractivity (Wildman–Crippen MR) is 201 cm³/mol. The van der Waals surface area contributed by atoms with E-state index in [1.807, 2.05) is 66.3 Å². The number of carbonyl (C=O) groups excluding carboxylic acids is 2. The Labute approximate surface area is 300 Å². The van der Waals surface area contributed by atoms with E-state index in [4.69, 9.17) is 4.98 Å². The molecule has 0 atom stereocenters. The van der Waals surface area contributed by atoms with Crippen molar-refractivity contribution >= 4 is 39.4 Å². The lowest BCUT2D eigenvalue weighted by Gasteiger charge is -2.40. The Hall–Kier alpha value is -4.90. The third-order valence-corrected chi connectivity index (χ3v) is 10.5. The molecule has 5 aromatic rings. The van der Waals surface area contributed by atoms with Crippen LogP contribution in [0.25, 0.3) is 21.8 Å². The maximum Gasteiger partial charge on any atom is 0.254 e. The summed E-state index contributed by atoms with van der Waals surface area (Å²) < 4.78 is 1.89. The number of amides is 2. The van der Waals surface area contributed by atoms with Crippen LogP contribution in [-0.2, 0) is 17.8 Å². The number of rotatable bonds is 11. The van der Waals surface area contributed by atoms with Crippen molar-refractivity contribution in [2.45, 2.75) is 58.0 Å². The van der Waals surface area contributed by atoms with Gasteiger partial charge >= 0.3 is 0 Å². The lowest BCUT2D eigenvalue weighted by atomic mass is 9.84. The molecule has 11 nitrogen and oxygen atoms in total. The van der Waals surface area contributed by atoms with Crippen LogP contribution in [0.2, 0.25) is 0 Å². The van der Waals surface area contributed by atoms with Crippen LogP contribution < -0.4 is 4.90 Å². The van der Waals surface area contributed by atoms with E-state index in [1.165, 1.54) is 0 Å². The highest BCUT2D eigenvalue weighted by atomic mass is 16.2. The van der Waals surface area contributed by atoms with Crippen LogP contribution in [0.15, 0.2) is 73.2 Å². The molecule has 0 N–H and O–H groups in total. The second kappa shape index (κ2) is 15.6. The minimum absolute atomic E-state index is 0.00964. The number of hydrogen-bond donors (Lipinski definition) is 0. The lowest BCUT2D eigenvalue weighted by molar-refractivity contribution is -0.137. The van der Waals surface area contributed by atoms with Gasteiger partial charge in [-0.25, -0.2) is 14.6 Å². The minimum atomic E-state index is -0.00964. The first-order valence-corrected chi connectivity index (χ1v) is 18.5. The van der Waals surface area contributed by atoms with Gasteiger partial charge in [0.2, 0.25) is 5.91 Å². The van der Waals surface area contributed by atoms with E-state index in [9.17, 15) is 9.59 Å². The number of fused-ring (bicyclic) bond motifs is 2. The molecule has 2 aliphatic rings. The third kappa shape index (κ3) is 7.58. The summed E-state index contributed by atoms with van der Waals surface area (Å²) in [5.41, 5.74) is 3.60. The Morgan fingerprint density at radius 1 is 0.824 bits per heavy atom. The summed E-state index contributed by atoms with van der Waals surface area (Å²) in [4.78, 5) is 50.4. The summed E-state index contributed by atoms with van der Waals surface area (Å²) in [5.74, 6) is 1.18. The molecule has 11 heteroatoms. The SMILES string of the molecule is CCCc1cccc(Cn2ncc3c(N4CCN(C(=O)C5CCC(N(CCN(C)C)C(=O)c6cccc7ccccc67)CC5)CC4)ncnc32)n1. The van der Waals surface area contributed by atoms with Gasteiger partial charge in [-0.2, -0.15) is 5.10 Å². The molecular weight excluding hydrogens is 639 g/mol. The molecule has 0 bridgehead atoms. The van der Waals surface area contributed by atoms with Crippen LogP contribution in [0, 0.1) is 5.92 Å². The number of carbonyl (C=O) groups is 2. The molecule has 1 saturated carbocycles. The average molecular weight is 688 g/mol. The van der Waals surface area contributed by atoms with Gasteiger partial charge in [0.15, 0.2) is 5.65 Å². The van der Waals surface area contributed by atoms with Gasteiger partial charge in [0.05, 0.1) is 23.8 Å². The Bertz CT molecular complexity index is 1970. The molecule has 1 aliphatic carbocycles. The number of piperazine rings is 1. The van der Waals surface area contributed by atoms with E-state index in [2.05, 4.69) is 61.0 Å². The monoisotopic (exact) mass is 687 g/mol. The lowest BCUT2D eigenvalue weighted by Crippen LogP contribution is -2.52. The zero-order valence-corrected chi connectivity index (χ0v) is 30.1. The van der Waals surface area contributed by atoms with Crippen LogP contribution in [-0.4, -0.2) is 111 Å². The zero-order valence-electron chi connectivity index (χ0n) is 30.1. The first-order valence-electron chi connectivity index (χ1n) is 18.5. The molecule has 266 valence electrons. The van der Waals surface area contributed by atoms with Gasteiger partial charge < -0.3 is 19.6 Å². The van der Waals surface area contributed by atoms with Crippen molar-refractivity contribution in [2.24, 2.45) is 5.92 Å². The van der Waals surface area contributed by atoms with Gasteiger partial charge in [0, 0.05) is 62.5 Å². The largest absolute Gasteiger partial charge is 0.352 e. The van der Waals surface area contributed by atoms with E-state index in [1.54, 1.807) is 6.33 Å². The molecule has 4 heterocycles. The smallest absolute Gasteiger partial charge is 0.254 e. The van der Waals surface area contributed by atoms with Gasteiger partial charge in [-0.3, -0.25) is 14.6 Å². The van der Waals surface area contributed by atoms with Gasteiger partial charge in [0.1, 0.15) is 12.1 Å². The van der Waals surface area contributed by atoms with Crippen LogP contribution >= 0.6 is 0 Å². The van der Waals surface area contributed by atoms with Gasteiger partial charge in [0.25, 0.3) is 5.91 Å². The molecule has 7 rings (SSSR count). The molecule has 0 radical (unpaired) electrons. The highest BCUT2D eigenvalue weighted by Gasteiger charge is 2.35. The average Bonchev–Trinajstić information content (AvgIpc) is 3.57. The summed E-state index contributed by atoms with van der Waals surface area (Å²) in [6, 6.07) is 20.4. The number of benzene rings is 2. The maximum absolute atomic E-state index is 14.1. The fraction of sp³-hybridized carbons (Fsp3) is 0.450. The molecule has 2 fully saturated rings. The quantitative estimate of drug-likeness (QED) is 0.185. The Morgan fingerprint density at radius 3 is 2.35 bits per heavy atom. The van der Waals surface area contributed by atoms with Crippen molar-refractivity contribution in [3.63, 3.8) is 0 Å². The minimum Gasteiger partial charge on any atom is -0.352 e. The first-order chi connectivity index (χ1) is 24.9. The number of pyridine rings is 1. The van der Waals surface area contributed by atoms with Gasteiger partial charge in [-0.15, -0.1) is 0 Å². The van der Waals surface area contributed by atoms with Crippen molar-refractivity contribution in [2.75, 3.05) is 58.3 Å². The Kier molecular flexibility index (Phi) is 10.5. The molecule has 1 aliphatic heterocycles. The predicted octanol–water partition coefficient (Wildman–Crippen LogP) is 5.29. The topological polar surface area (TPSA) is 104 Å². The third-order valence-electron chi connectivity index (χ3n) is 10.5. The normalized spacial score (nSPS) is 18.1. The second-order valence-electron chi connectivity index (χ2n) is 14.3. The van der Waals surface area contributed by atoms with E-state index in [-0.39, 0.29) is 23.8 Å². The van der Waals surface area contributed by atoms with Crippen LogP contribution in [0.4, 0.5) is 5.82 Å². The van der Waals surface area contributed by atoms with E-state index in [0.717, 1.165) is 89.6 Å². The van der Waals surface area contributed by atoms with Crippen LogP contribution in [0.1, 0.15) is 60.8 Å².